The number of benzene rings is 2. The quantitative estimate of drug-likeness (QED) is 0.565. The molecule has 0 unspecified atom stereocenters. The number of hydrogen-bond acceptors (Lipinski definition) is 4. The topological polar surface area (TPSA) is 37.3 Å². The zero-order chi connectivity index (χ0) is 14.5. The van der Waals surface area contributed by atoms with E-state index in [-0.39, 0.29) is 0 Å². The van der Waals surface area contributed by atoms with Crippen LogP contribution in [0.15, 0.2) is 65.1 Å². The molecule has 1 aromatic heterocycles. The Morgan fingerprint density at radius 2 is 1.81 bits per heavy atom. The van der Waals surface area contributed by atoms with E-state index in [9.17, 15) is 0 Å². The van der Waals surface area contributed by atoms with Crippen molar-refractivity contribution in [2.75, 3.05) is 5.43 Å². The highest BCUT2D eigenvalue weighted by Gasteiger charge is 2.03. The normalized spacial score (nSPS) is 10.9. The van der Waals surface area contributed by atoms with Crippen LogP contribution < -0.4 is 5.43 Å². The Morgan fingerprint density at radius 1 is 1.05 bits per heavy atom. The Morgan fingerprint density at radius 3 is 2.57 bits per heavy atom. The van der Waals surface area contributed by atoms with Crippen LogP contribution in [-0.2, 0) is 0 Å². The molecule has 1 heterocycles. The highest BCUT2D eigenvalue weighted by atomic mass is 32.1. The van der Waals surface area contributed by atoms with Gasteiger partial charge in [0.2, 0.25) is 5.13 Å². The largest absolute Gasteiger partial charge is 0.253 e. The first-order chi connectivity index (χ1) is 10.3. The summed E-state index contributed by atoms with van der Waals surface area (Å²) in [6.45, 7) is 2.08. The molecule has 21 heavy (non-hydrogen) atoms. The highest BCUT2D eigenvalue weighted by Crippen LogP contribution is 2.24. The zero-order valence-electron chi connectivity index (χ0n) is 11.7. The number of hydrogen-bond donors (Lipinski definition) is 1. The Bertz CT molecular complexity index is 730. The van der Waals surface area contributed by atoms with Crippen molar-refractivity contribution < 1.29 is 0 Å². The van der Waals surface area contributed by atoms with Gasteiger partial charge in [0.1, 0.15) is 0 Å². The van der Waals surface area contributed by atoms with E-state index in [2.05, 4.69) is 46.7 Å². The van der Waals surface area contributed by atoms with Crippen LogP contribution in [0, 0.1) is 6.92 Å². The van der Waals surface area contributed by atoms with Gasteiger partial charge in [-0.15, -0.1) is 11.3 Å². The summed E-state index contributed by atoms with van der Waals surface area (Å²) in [6.07, 6.45) is 1.78. The third kappa shape index (κ3) is 3.55. The van der Waals surface area contributed by atoms with E-state index >= 15 is 0 Å². The minimum Gasteiger partial charge on any atom is -0.253 e. The second-order valence-corrected chi connectivity index (χ2v) is 5.54. The van der Waals surface area contributed by atoms with Crippen LogP contribution in [0.3, 0.4) is 0 Å². The molecule has 0 amide bonds. The molecule has 3 rings (SSSR count). The van der Waals surface area contributed by atoms with Gasteiger partial charge in [-0.05, 0) is 12.5 Å². The second kappa shape index (κ2) is 6.33. The van der Waals surface area contributed by atoms with Crippen molar-refractivity contribution in [2.24, 2.45) is 5.10 Å². The summed E-state index contributed by atoms with van der Waals surface area (Å²) in [4.78, 5) is 4.54. The zero-order valence-corrected chi connectivity index (χ0v) is 12.5. The fourth-order valence-electron chi connectivity index (χ4n) is 1.88. The first-order valence-electron chi connectivity index (χ1n) is 6.68. The van der Waals surface area contributed by atoms with Crippen molar-refractivity contribution in [3.63, 3.8) is 0 Å². The number of hydrazone groups is 1. The molecule has 0 spiro atoms. The summed E-state index contributed by atoms with van der Waals surface area (Å²) in [6, 6.07) is 18.3. The lowest BCUT2D eigenvalue weighted by Gasteiger charge is -1.97. The standard InChI is InChI=1S/C17H15N3S/c1-13-7-9-15(10-8-13)16-12-21-17(19-16)20-18-11-14-5-3-2-4-6-14/h2-12H,1H3,(H,19,20)/b18-11+. The van der Waals surface area contributed by atoms with Gasteiger partial charge in [-0.25, -0.2) is 4.98 Å². The van der Waals surface area contributed by atoms with Crippen molar-refractivity contribution >= 4 is 22.7 Å². The smallest absolute Gasteiger partial charge is 0.203 e. The molecule has 0 aliphatic heterocycles. The molecule has 104 valence electrons. The van der Waals surface area contributed by atoms with Crippen LogP contribution in [0.25, 0.3) is 11.3 Å². The fourth-order valence-corrected chi connectivity index (χ4v) is 2.55. The van der Waals surface area contributed by atoms with Crippen molar-refractivity contribution in [3.05, 3.63) is 71.1 Å². The maximum atomic E-state index is 4.54. The SMILES string of the molecule is Cc1ccc(-c2csc(N/N=C/c3ccccc3)n2)cc1. The summed E-state index contributed by atoms with van der Waals surface area (Å²) in [5.41, 5.74) is 7.37. The number of thiazole rings is 1. The molecular formula is C17H15N3S. The summed E-state index contributed by atoms with van der Waals surface area (Å²) in [5.74, 6) is 0. The fraction of sp³-hybridized carbons (Fsp3) is 0.0588. The number of nitrogens with one attached hydrogen (secondary N) is 1. The molecule has 0 fully saturated rings. The predicted octanol–water partition coefficient (Wildman–Crippen LogP) is 4.56. The lowest BCUT2D eigenvalue weighted by atomic mass is 10.1. The average molecular weight is 293 g/mol. The van der Waals surface area contributed by atoms with Crippen molar-refractivity contribution in [1.82, 2.24) is 4.98 Å². The molecule has 2 aromatic carbocycles. The number of aryl methyl sites for hydroxylation is 1. The molecule has 0 atom stereocenters. The predicted molar refractivity (Wildman–Crippen MR) is 89.9 cm³/mol. The maximum Gasteiger partial charge on any atom is 0.203 e. The van der Waals surface area contributed by atoms with Gasteiger partial charge in [-0.1, -0.05) is 60.2 Å². The van der Waals surface area contributed by atoms with E-state index in [1.54, 1.807) is 17.6 Å². The van der Waals surface area contributed by atoms with Gasteiger partial charge < -0.3 is 0 Å². The highest BCUT2D eigenvalue weighted by molar-refractivity contribution is 7.14. The summed E-state index contributed by atoms with van der Waals surface area (Å²) in [7, 11) is 0. The molecule has 3 nitrogen and oxygen atoms in total. The van der Waals surface area contributed by atoms with Gasteiger partial charge in [0.05, 0.1) is 11.9 Å². The van der Waals surface area contributed by atoms with Crippen LogP contribution in [0.1, 0.15) is 11.1 Å². The molecule has 0 saturated carbocycles. The maximum absolute atomic E-state index is 4.54. The lowest BCUT2D eigenvalue weighted by Crippen LogP contribution is -1.89. The lowest BCUT2D eigenvalue weighted by molar-refractivity contribution is 1.29. The minimum atomic E-state index is 0.790. The van der Waals surface area contributed by atoms with Gasteiger partial charge in [0.25, 0.3) is 0 Å². The molecule has 0 aliphatic carbocycles. The first-order valence-corrected chi connectivity index (χ1v) is 7.56. The molecule has 1 N–H and O–H groups in total. The number of rotatable bonds is 4. The molecule has 0 aliphatic rings. The van der Waals surface area contributed by atoms with E-state index in [0.29, 0.717) is 0 Å². The Hall–Kier alpha value is -2.46. The molecule has 4 heteroatoms. The summed E-state index contributed by atoms with van der Waals surface area (Å²) >= 11 is 1.55. The van der Waals surface area contributed by atoms with Crippen molar-refractivity contribution in [3.8, 4) is 11.3 Å². The van der Waals surface area contributed by atoms with E-state index in [1.807, 2.05) is 35.7 Å². The Kier molecular flexibility index (Phi) is 4.07. The van der Waals surface area contributed by atoms with Crippen LogP contribution in [-0.4, -0.2) is 11.2 Å². The molecule has 3 aromatic rings. The number of anilines is 1. The molecule has 0 radical (unpaired) electrons. The third-order valence-electron chi connectivity index (χ3n) is 3.02. The third-order valence-corrected chi connectivity index (χ3v) is 3.77. The monoisotopic (exact) mass is 293 g/mol. The minimum absolute atomic E-state index is 0.790. The van der Waals surface area contributed by atoms with Crippen LogP contribution in [0.4, 0.5) is 5.13 Å². The van der Waals surface area contributed by atoms with Gasteiger partial charge >= 0.3 is 0 Å². The average Bonchev–Trinajstić information content (AvgIpc) is 2.98. The summed E-state index contributed by atoms with van der Waals surface area (Å²) in [5, 5.41) is 7.03. The number of nitrogens with zero attached hydrogens (tertiary/aromatic N) is 2. The first kappa shape index (κ1) is 13.5. The second-order valence-electron chi connectivity index (χ2n) is 4.68. The van der Waals surface area contributed by atoms with Gasteiger partial charge in [0, 0.05) is 10.9 Å². The van der Waals surface area contributed by atoms with Crippen molar-refractivity contribution in [2.45, 2.75) is 6.92 Å². The van der Waals surface area contributed by atoms with Gasteiger partial charge in [-0.2, -0.15) is 5.10 Å². The Balaban J connectivity index is 1.68. The van der Waals surface area contributed by atoms with Gasteiger partial charge in [0.15, 0.2) is 0 Å². The Labute approximate surface area is 128 Å². The van der Waals surface area contributed by atoms with E-state index in [0.717, 1.165) is 22.0 Å². The van der Waals surface area contributed by atoms with E-state index in [1.165, 1.54) is 5.56 Å². The van der Waals surface area contributed by atoms with Crippen LogP contribution >= 0.6 is 11.3 Å². The van der Waals surface area contributed by atoms with E-state index < -0.39 is 0 Å². The number of aromatic nitrogens is 1. The summed E-state index contributed by atoms with van der Waals surface area (Å²) < 4.78 is 0. The van der Waals surface area contributed by atoms with Crippen LogP contribution in [0.5, 0.6) is 0 Å². The molecule has 0 bridgehead atoms. The van der Waals surface area contributed by atoms with Crippen molar-refractivity contribution in [1.29, 1.82) is 0 Å². The van der Waals surface area contributed by atoms with Gasteiger partial charge in [-0.3, -0.25) is 5.43 Å². The van der Waals surface area contributed by atoms with E-state index in [4.69, 9.17) is 0 Å². The van der Waals surface area contributed by atoms with Crippen LogP contribution in [0.2, 0.25) is 0 Å². The molecular weight excluding hydrogens is 278 g/mol. The molecule has 0 saturated heterocycles.